The van der Waals surface area contributed by atoms with Crippen LogP contribution in [0.25, 0.3) is 0 Å². The van der Waals surface area contributed by atoms with Gasteiger partial charge in [0.15, 0.2) is 0 Å². The lowest BCUT2D eigenvalue weighted by Gasteiger charge is -2.38. The summed E-state index contributed by atoms with van der Waals surface area (Å²) >= 11 is 3.49. The molecule has 0 spiro atoms. The zero-order chi connectivity index (χ0) is 21.5. The first-order valence-electron chi connectivity index (χ1n) is 10.5. The number of halogens is 1. The van der Waals surface area contributed by atoms with Crippen LogP contribution in [0.1, 0.15) is 24.0 Å². The smallest absolute Gasteiger partial charge is 0.322 e. The number of urea groups is 1. The maximum Gasteiger partial charge on any atom is 0.322 e. The van der Waals surface area contributed by atoms with Crippen LogP contribution in [-0.4, -0.2) is 40.3 Å². The standard InChI is InChI=1S/C24H26BrN5O/c25-21-6-8-22(9-7-21)30(24(31)26-16-19-4-2-1-3-5-19)23-11-14-29(15-12-23)18-20-10-13-27-28-17-20/h1-10,13,17,23H,11-12,14-16,18H2,(H,26,31). The van der Waals surface area contributed by atoms with Crippen molar-refractivity contribution in [3.8, 4) is 0 Å². The summed E-state index contributed by atoms with van der Waals surface area (Å²) < 4.78 is 1.00. The molecule has 0 unspecified atom stereocenters. The Morgan fingerprint density at radius 1 is 1.00 bits per heavy atom. The van der Waals surface area contributed by atoms with Crippen LogP contribution in [-0.2, 0) is 13.1 Å². The van der Waals surface area contributed by atoms with Crippen molar-refractivity contribution in [2.45, 2.75) is 32.0 Å². The van der Waals surface area contributed by atoms with E-state index in [2.05, 4.69) is 36.3 Å². The maximum atomic E-state index is 13.2. The van der Waals surface area contributed by atoms with Crippen molar-refractivity contribution in [1.82, 2.24) is 20.4 Å². The van der Waals surface area contributed by atoms with E-state index in [4.69, 9.17) is 0 Å². The van der Waals surface area contributed by atoms with E-state index in [1.165, 1.54) is 5.56 Å². The second kappa shape index (κ2) is 10.5. The maximum absolute atomic E-state index is 13.2. The molecule has 31 heavy (non-hydrogen) atoms. The predicted octanol–water partition coefficient (Wildman–Crippen LogP) is 4.62. The van der Waals surface area contributed by atoms with Gasteiger partial charge in [-0.25, -0.2) is 4.79 Å². The minimum atomic E-state index is -0.0528. The van der Waals surface area contributed by atoms with Gasteiger partial charge in [0.2, 0.25) is 0 Å². The lowest BCUT2D eigenvalue weighted by atomic mass is 10.0. The van der Waals surface area contributed by atoms with Gasteiger partial charge in [0.05, 0.1) is 6.20 Å². The SMILES string of the molecule is O=C(NCc1ccccc1)N(c1ccc(Br)cc1)C1CCN(Cc2ccnnc2)CC1. The van der Waals surface area contributed by atoms with Gasteiger partial charge in [0.1, 0.15) is 0 Å². The monoisotopic (exact) mass is 479 g/mol. The molecule has 1 aliphatic rings. The third-order valence-corrected chi connectivity index (χ3v) is 6.11. The molecule has 1 saturated heterocycles. The predicted molar refractivity (Wildman–Crippen MR) is 126 cm³/mol. The lowest BCUT2D eigenvalue weighted by molar-refractivity contribution is 0.197. The zero-order valence-electron chi connectivity index (χ0n) is 17.3. The van der Waals surface area contributed by atoms with Crippen LogP contribution in [0.5, 0.6) is 0 Å². The molecule has 0 bridgehead atoms. The number of benzene rings is 2. The van der Waals surface area contributed by atoms with Gasteiger partial charge in [0.25, 0.3) is 0 Å². The van der Waals surface area contributed by atoms with Crippen molar-refractivity contribution in [3.63, 3.8) is 0 Å². The van der Waals surface area contributed by atoms with E-state index in [1.807, 2.05) is 71.8 Å². The molecule has 3 aromatic rings. The number of likely N-dealkylation sites (tertiary alicyclic amines) is 1. The Balaban J connectivity index is 1.43. The van der Waals surface area contributed by atoms with Crippen molar-refractivity contribution in [2.24, 2.45) is 0 Å². The third kappa shape index (κ3) is 5.89. The third-order valence-electron chi connectivity index (χ3n) is 5.58. The van der Waals surface area contributed by atoms with Gasteiger partial charge in [-0.2, -0.15) is 10.2 Å². The Morgan fingerprint density at radius 3 is 2.42 bits per heavy atom. The van der Waals surface area contributed by atoms with Crippen molar-refractivity contribution in [2.75, 3.05) is 18.0 Å². The molecule has 1 N–H and O–H groups in total. The van der Waals surface area contributed by atoms with E-state index < -0.39 is 0 Å². The number of aromatic nitrogens is 2. The first kappa shape index (κ1) is 21.5. The summed E-state index contributed by atoms with van der Waals surface area (Å²) in [5.41, 5.74) is 3.18. The summed E-state index contributed by atoms with van der Waals surface area (Å²) in [5.74, 6) is 0. The topological polar surface area (TPSA) is 61.4 Å². The summed E-state index contributed by atoms with van der Waals surface area (Å²) in [7, 11) is 0. The van der Waals surface area contributed by atoms with Crippen LogP contribution in [0.3, 0.4) is 0 Å². The number of carbonyl (C=O) groups excluding carboxylic acids is 1. The molecule has 6 nitrogen and oxygen atoms in total. The van der Waals surface area contributed by atoms with Crippen LogP contribution in [0.4, 0.5) is 10.5 Å². The van der Waals surface area contributed by atoms with Gasteiger partial charge in [-0.1, -0.05) is 46.3 Å². The average molecular weight is 480 g/mol. The molecular formula is C24H26BrN5O. The highest BCUT2D eigenvalue weighted by molar-refractivity contribution is 9.10. The first-order chi connectivity index (χ1) is 15.2. The summed E-state index contributed by atoms with van der Waals surface area (Å²) in [6, 6.07) is 20.1. The zero-order valence-corrected chi connectivity index (χ0v) is 18.9. The number of rotatable bonds is 6. The molecule has 2 heterocycles. The highest BCUT2D eigenvalue weighted by atomic mass is 79.9. The van der Waals surface area contributed by atoms with Crippen molar-refractivity contribution >= 4 is 27.6 Å². The van der Waals surface area contributed by atoms with Gasteiger partial charge in [0, 0.05) is 48.6 Å². The van der Waals surface area contributed by atoms with E-state index in [0.29, 0.717) is 6.54 Å². The molecular weight excluding hydrogens is 454 g/mol. The molecule has 4 rings (SSSR count). The lowest BCUT2D eigenvalue weighted by Crippen LogP contribution is -2.50. The summed E-state index contributed by atoms with van der Waals surface area (Å²) in [5, 5.41) is 10.9. The second-order valence-corrected chi connectivity index (χ2v) is 8.66. The van der Waals surface area contributed by atoms with Crippen molar-refractivity contribution < 1.29 is 4.79 Å². The molecule has 1 aliphatic heterocycles. The molecule has 160 valence electrons. The Morgan fingerprint density at radius 2 is 1.74 bits per heavy atom. The minimum absolute atomic E-state index is 0.0528. The van der Waals surface area contributed by atoms with E-state index in [0.717, 1.165) is 48.2 Å². The fraction of sp³-hybridized carbons (Fsp3) is 0.292. The molecule has 0 radical (unpaired) electrons. The highest BCUT2D eigenvalue weighted by Gasteiger charge is 2.29. The summed E-state index contributed by atoms with van der Waals surface area (Å²) in [4.78, 5) is 17.6. The molecule has 2 aromatic carbocycles. The second-order valence-electron chi connectivity index (χ2n) is 7.75. The van der Waals surface area contributed by atoms with E-state index in [-0.39, 0.29) is 12.1 Å². The molecule has 2 amide bonds. The van der Waals surface area contributed by atoms with Gasteiger partial charge in [-0.15, -0.1) is 0 Å². The minimum Gasteiger partial charge on any atom is -0.334 e. The first-order valence-corrected chi connectivity index (χ1v) is 11.3. The van der Waals surface area contributed by atoms with Crippen LogP contribution < -0.4 is 10.2 Å². The van der Waals surface area contributed by atoms with Crippen LogP contribution in [0, 0.1) is 0 Å². The fourth-order valence-corrected chi connectivity index (χ4v) is 4.22. The molecule has 1 fully saturated rings. The molecule has 0 atom stereocenters. The normalized spacial score (nSPS) is 14.9. The number of nitrogens with one attached hydrogen (secondary N) is 1. The number of hydrogen-bond acceptors (Lipinski definition) is 4. The highest BCUT2D eigenvalue weighted by Crippen LogP contribution is 2.26. The van der Waals surface area contributed by atoms with Crippen LogP contribution >= 0.6 is 15.9 Å². The summed E-state index contributed by atoms with van der Waals surface area (Å²) in [6.07, 6.45) is 5.40. The van der Waals surface area contributed by atoms with Crippen molar-refractivity contribution in [1.29, 1.82) is 0 Å². The van der Waals surface area contributed by atoms with E-state index >= 15 is 0 Å². The molecule has 1 aromatic heterocycles. The van der Waals surface area contributed by atoms with Crippen LogP contribution in [0.2, 0.25) is 0 Å². The van der Waals surface area contributed by atoms with E-state index in [9.17, 15) is 4.79 Å². The number of anilines is 1. The van der Waals surface area contributed by atoms with Gasteiger partial charge in [-0.05, 0) is 54.3 Å². The molecule has 7 heteroatoms. The van der Waals surface area contributed by atoms with Gasteiger partial charge >= 0.3 is 6.03 Å². The Kier molecular flexibility index (Phi) is 7.27. The number of piperidine rings is 1. The Bertz CT molecular complexity index is 960. The van der Waals surface area contributed by atoms with Crippen molar-refractivity contribution in [3.05, 3.63) is 88.7 Å². The average Bonchev–Trinajstić information content (AvgIpc) is 2.82. The Labute approximate surface area is 191 Å². The fourth-order valence-electron chi connectivity index (χ4n) is 3.96. The molecule has 0 aliphatic carbocycles. The van der Waals surface area contributed by atoms with Gasteiger partial charge < -0.3 is 5.32 Å². The summed E-state index contributed by atoms with van der Waals surface area (Å²) in [6.45, 7) is 3.25. The quantitative estimate of drug-likeness (QED) is 0.560. The molecule has 0 saturated carbocycles. The van der Waals surface area contributed by atoms with E-state index in [1.54, 1.807) is 6.20 Å². The largest absolute Gasteiger partial charge is 0.334 e. The number of carbonyl (C=O) groups is 1. The van der Waals surface area contributed by atoms with Gasteiger partial charge in [-0.3, -0.25) is 9.80 Å². The number of amides is 2. The number of nitrogens with zero attached hydrogens (tertiary/aromatic N) is 4. The number of hydrogen-bond donors (Lipinski definition) is 1. The van der Waals surface area contributed by atoms with Crippen LogP contribution in [0.15, 0.2) is 77.5 Å². The Hall–Kier alpha value is -2.77.